The largest absolute Gasteiger partial charge is 0.490 e. The Labute approximate surface area is 210 Å². The van der Waals surface area contributed by atoms with Gasteiger partial charge in [-0.1, -0.05) is 53.1 Å². The number of carbonyl (C=O) groups excluding carboxylic acids is 1. The summed E-state index contributed by atoms with van der Waals surface area (Å²) in [7, 11) is 0. The lowest BCUT2D eigenvalue weighted by Crippen LogP contribution is -2.19. The van der Waals surface area contributed by atoms with E-state index in [1.807, 2.05) is 49.4 Å². The number of nitrogens with zero attached hydrogens (tertiary/aromatic N) is 1. The fraction of sp³-hybridized carbons (Fsp3) is 0.259. The van der Waals surface area contributed by atoms with Crippen LogP contribution in [0, 0.1) is 13.8 Å². The van der Waals surface area contributed by atoms with Crippen molar-refractivity contribution in [1.82, 2.24) is 5.43 Å². The highest BCUT2D eigenvalue weighted by Gasteiger charge is 2.07. The lowest BCUT2D eigenvalue weighted by molar-refractivity contribution is -0.118. The van der Waals surface area contributed by atoms with Gasteiger partial charge in [0.15, 0.2) is 11.5 Å². The van der Waals surface area contributed by atoms with Gasteiger partial charge in [0.25, 0.3) is 0 Å². The second kappa shape index (κ2) is 13.1. The van der Waals surface area contributed by atoms with Gasteiger partial charge in [-0.3, -0.25) is 4.79 Å². The molecule has 3 aromatic rings. The maximum absolute atomic E-state index is 12.1. The molecule has 0 saturated heterocycles. The van der Waals surface area contributed by atoms with Crippen LogP contribution < -0.4 is 14.9 Å². The zero-order valence-corrected chi connectivity index (χ0v) is 21.2. The van der Waals surface area contributed by atoms with Crippen molar-refractivity contribution in [3.05, 3.63) is 93.5 Å². The first kappa shape index (κ1) is 25.7. The molecule has 3 aromatic carbocycles. The van der Waals surface area contributed by atoms with E-state index >= 15 is 0 Å². The molecule has 0 radical (unpaired) electrons. The van der Waals surface area contributed by atoms with Gasteiger partial charge < -0.3 is 9.47 Å². The molecule has 0 spiro atoms. The number of benzene rings is 3. The summed E-state index contributed by atoms with van der Waals surface area (Å²) in [5.74, 6) is 2.25. The number of nitrogens with one attached hydrogen (secondary N) is 1. The average molecular weight is 497 g/mol. The van der Waals surface area contributed by atoms with Crippen LogP contribution in [0.4, 0.5) is 0 Å². The monoisotopic (exact) mass is 496 g/mol. The third-order valence-electron chi connectivity index (χ3n) is 4.76. The van der Waals surface area contributed by atoms with Gasteiger partial charge in [-0.15, -0.1) is 11.8 Å². The molecule has 0 atom stereocenters. The van der Waals surface area contributed by atoms with Crippen molar-refractivity contribution in [2.75, 3.05) is 12.4 Å². The predicted molar refractivity (Wildman–Crippen MR) is 141 cm³/mol. The van der Waals surface area contributed by atoms with Gasteiger partial charge in [-0.25, -0.2) is 5.43 Å². The number of hydrazone groups is 1. The minimum Gasteiger partial charge on any atom is -0.490 e. The van der Waals surface area contributed by atoms with E-state index in [2.05, 4.69) is 42.6 Å². The topological polar surface area (TPSA) is 59.9 Å². The third kappa shape index (κ3) is 8.43. The average Bonchev–Trinajstić information content (AvgIpc) is 2.79. The Bertz CT molecular complexity index is 1110. The van der Waals surface area contributed by atoms with E-state index in [-0.39, 0.29) is 5.91 Å². The van der Waals surface area contributed by atoms with E-state index < -0.39 is 0 Å². The minimum atomic E-state index is -0.140. The molecule has 5 nitrogen and oxygen atoms in total. The second-order valence-corrected chi connectivity index (χ2v) is 9.26. The number of aryl methyl sites for hydroxylation is 2. The summed E-state index contributed by atoms with van der Waals surface area (Å²) >= 11 is 7.50. The maximum Gasteiger partial charge on any atom is 0.250 e. The molecule has 0 unspecified atom stereocenters. The van der Waals surface area contributed by atoms with Crippen molar-refractivity contribution < 1.29 is 14.3 Å². The molecule has 0 saturated carbocycles. The van der Waals surface area contributed by atoms with Crippen molar-refractivity contribution in [2.45, 2.75) is 33.1 Å². The SMILES string of the molecule is CCOc1cc(/C=N/NC(=O)CSCc2cc(C)cc(C)c2)ccc1OCc1ccc(Cl)cc1. The third-order valence-corrected chi connectivity index (χ3v) is 6.02. The van der Waals surface area contributed by atoms with Crippen molar-refractivity contribution in [1.29, 1.82) is 0 Å². The van der Waals surface area contributed by atoms with Crippen molar-refractivity contribution in [3.63, 3.8) is 0 Å². The first-order valence-electron chi connectivity index (χ1n) is 11.0. The highest BCUT2D eigenvalue weighted by atomic mass is 35.5. The van der Waals surface area contributed by atoms with Gasteiger partial charge in [0, 0.05) is 10.8 Å². The highest BCUT2D eigenvalue weighted by Crippen LogP contribution is 2.29. The molecule has 0 bridgehead atoms. The molecular formula is C27H29ClN2O3S. The van der Waals surface area contributed by atoms with Crippen LogP contribution in [-0.4, -0.2) is 24.5 Å². The van der Waals surface area contributed by atoms with Crippen LogP contribution in [0.5, 0.6) is 11.5 Å². The highest BCUT2D eigenvalue weighted by molar-refractivity contribution is 7.99. The molecule has 0 aliphatic heterocycles. The second-order valence-electron chi connectivity index (χ2n) is 7.84. The first-order chi connectivity index (χ1) is 16.4. The number of halogens is 1. The van der Waals surface area contributed by atoms with E-state index in [4.69, 9.17) is 21.1 Å². The molecule has 1 N–H and O–H groups in total. The minimum absolute atomic E-state index is 0.140. The van der Waals surface area contributed by atoms with Crippen LogP contribution in [-0.2, 0) is 17.2 Å². The lowest BCUT2D eigenvalue weighted by Gasteiger charge is -2.12. The number of amides is 1. The van der Waals surface area contributed by atoms with E-state index in [1.165, 1.54) is 16.7 Å². The van der Waals surface area contributed by atoms with Crippen LogP contribution in [0.2, 0.25) is 5.02 Å². The number of ether oxygens (including phenoxy) is 2. The molecule has 0 aliphatic carbocycles. The number of thioether (sulfide) groups is 1. The van der Waals surface area contributed by atoms with Crippen LogP contribution in [0.15, 0.2) is 65.8 Å². The van der Waals surface area contributed by atoms with Gasteiger partial charge in [-0.05, 0) is 67.8 Å². The maximum atomic E-state index is 12.1. The molecule has 0 heterocycles. The number of hydrogen-bond donors (Lipinski definition) is 1. The van der Waals surface area contributed by atoms with Gasteiger partial charge in [0.1, 0.15) is 6.61 Å². The number of rotatable bonds is 11. The summed E-state index contributed by atoms with van der Waals surface area (Å²) in [6, 6.07) is 19.5. The summed E-state index contributed by atoms with van der Waals surface area (Å²) in [4.78, 5) is 12.1. The molecule has 0 aliphatic rings. The summed E-state index contributed by atoms with van der Waals surface area (Å²) in [6.07, 6.45) is 1.60. The van der Waals surface area contributed by atoms with Crippen LogP contribution in [0.3, 0.4) is 0 Å². The van der Waals surface area contributed by atoms with Gasteiger partial charge in [-0.2, -0.15) is 5.10 Å². The fourth-order valence-corrected chi connectivity index (χ4v) is 4.24. The summed E-state index contributed by atoms with van der Waals surface area (Å²) in [5, 5.41) is 4.77. The molecule has 178 valence electrons. The molecule has 7 heteroatoms. The van der Waals surface area contributed by atoms with Crippen LogP contribution >= 0.6 is 23.4 Å². The van der Waals surface area contributed by atoms with E-state index in [0.717, 1.165) is 16.9 Å². The van der Waals surface area contributed by atoms with Crippen molar-refractivity contribution in [2.24, 2.45) is 5.10 Å². The predicted octanol–water partition coefficient (Wildman–Crippen LogP) is 6.32. The zero-order valence-electron chi connectivity index (χ0n) is 19.6. The Morgan fingerprint density at radius 1 is 0.971 bits per heavy atom. The normalized spacial score (nSPS) is 10.9. The Kier molecular flexibility index (Phi) is 9.86. The quantitative estimate of drug-likeness (QED) is 0.249. The molecule has 34 heavy (non-hydrogen) atoms. The number of carbonyl (C=O) groups is 1. The molecule has 3 rings (SSSR count). The first-order valence-corrected chi connectivity index (χ1v) is 12.6. The zero-order chi connectivity index (χ0) is 24.3. The fourth-order valence-electron chi connectivity index (χ4n) is 3.36. The Morgan fingerprint density at radius 2 is 1.71 bits per heavy atom. The Balaban J connectivity index is 1.50. The van der Waals surface area contributed by atoms with E-state index in [1.54, 1.807) is 18.0 Å². The summed E-state index contributed by atoms with van der Waals surface area (Å²) in [5.41, 5.74) is 8.08. The van der Waals surface area contributed by atoms with Crippen LogP contribution in [0.25, 0.3) is 0 Å². The molecular weight excluding hydrogens is 468 g/mol. The van der Waals surface area contributed by atoms with Gasteiger partial charge in [0.2, 0.25) is 5.91 Å². The summed E-state index contributed by atoms with van der Waals surface area (Å²) < 4.78 is 11.6. The Morgan fingerprint density at radius 3 is 2.41 bits per heavy atom. The van der Waals surface area contributed by atoms with Gasteiger partial charge in [0.05, 0.1) is 18.6 Å². The van der Waals surface area contributed by atoms with Gasteiger partial charge >= 0.3 is 0 Å². The molecule has 0 aromatic heterocycles. The van der Waals surface area contributed by atoms with E-state index in [9.17, 15) is 4.79 Å². The lowest BCUT2D eigenvalue weighted by atomic mass is 10.1. The molecule has 1 amide bonds. The summed E-state index contributed by atoms with van der Waals surface area (Å²) in [6.45, 7) is 6.99. The Hall–Kier alpha value is -2.96. The molecule has 0 fully saturated rings. The van der Waals surface area contributed by atoms with Crippen molar-refractivity contribution >= 4 is 35.5 Å². The van der Waals surface area contributed by atoms with E-state index in [0.29, 0.717) is 35.5 Å². The number of hydrogen-bond acceptors (Lipinski definition) is 5. The van der Waals surface area contributed by atoms with Crippen LogP contribution in [0.1, 0.15) is 34.7 Å². The smallest absolute Gasteiger partial charge is 0.250 e. The standard InChI is InChI=1S/C27H29ClN2O3S/c1-4-32-26-14-22(7-10-25(26)33-16-21-5-8-24(28)9-6-21)15-29-30-27(31)18-34-17-23-12-19(2)11-20(3)13-23/h5-15H,4,16-18H2,1-3H3,(H,30,31)/b29-15+. The van der Waals surface area contributed by atoms with Crippen molar-refractivity contribution in [3.8, 4) is 11.5 Å².